The van der Waals surface area contributed by atoms with Gasteiger partial charge < -0.3 is 40.1 Å². The summed E-state index contributed by atoms with van der Waals surface area (Å²) in [5.74, 6) is 7.95. The number of rotatable bonds is 12. The first-order valence-corrected chi connectivity index (χ1v) is 25.9. The first-order valence-electron chi connectivity index (χ1n) is 25.9. The predicted molar refractivity (Wildman–Crippen MR) is 306 cm³/mol. The molecule has 0 aromatic heterocycles. The molecule has 6 heterocycles. The molecule has 0 amide bonds. The van der Waals surface area contributed by atoms with E-state index >= 15 is 0 Å². The average molecular weight is 1060 g/mol. The average Bonchev–Trinajstić information content (AvgIpc) is 3.33. The maximum absolute atomic E-state index is 12.6. The number of aliphatic hydroxyl groups is 2. The van der Waals surface area contributed by atoms with E-state index in [0.29, 0.717) is 53.9 Å². The molecule has 14 heteroatoms. The molecule has 3 fully saturated rings. The minimum Gasteiger partial charge on any atom is -1.00 e. The number of aliphatic hydroxyl groups excluding tert-OH is 2. The monoisotopic (exact) mass is 1050 g/mol. The Labute approximate surface area is 481 Å². The van der Waals surface area contributed by atoms with Crippen molar-refractivity contribution in [2.75, 3.05) is 81.9 Å². The van der Waals surface area contributed by atoms with Crippen LogP contribution in [0, 0.1) is 35.5 Å². The normalized spacial score (nSPS) is 24.3. The molecule has 75 heavy (non-hydrogen) atoms. The Hall–Kier alpha value is -3.01. The number of Topliss-reactive ketones (excluding diaryl/α,β-unsaturated/α-hetero) is 1. The molecule has 2 N–H and O–H groups in total. The zero-order valence-electron chi connectivity index (χ0n) is 46.6. The van der Waals surface area contributed by atoms with Gasteiger partial charge in [-0.15, -0.1) is 0 Å². The van der Waals surface area contributed by atoms with Crippen molar-refractivity contribution in [2.24, 2.45) is 35.5 Å². The van der Waals surface area contributed by atoms with Crippen LogP contribution in [0.5, 0.6) is 34.5 Å². The standard InChI is InChI=1S/2C19H29NO3.C19H27NO3.4CH4.B.Na.H/c3*1-12(2)7-14-11-20-6-5-13-8-18(22-3)19(23-4)9-15(13)16(20)10-17(14)21;;;;;;;/h2*8-9,12,14,16-17,21H,5-7,10-11H2,1-4H3;8-9,12,14,16H,5-7,10-11H2,1-4H3;4*1H4;;;/q;;;;;;;;+1;-1/t14-,16-,17+;14-,16-,17-;14-,16-;;;;;;;/m111......./s1. The van der Waals surface area contributed by atoms with E-state index in [9.17, 15) is 15.0 Å². The van der Waals surface area contributed by atoms with Crippen LogP contribution in [0.4, 0.5) is 0 Å². The maximum Gasteiger partial charge on any atom is 1.00 e. The Morgan fingerprint density at radius 3 is 1.09 bits per heavy atom. The predicted octanol–water partition coefficient (Wildman–Crippen LogP) is 8.58. The van der Waals surface area contributed by atoms with Crippen LogP contribution in [0.1, 0.15) is 163 Å². The van der Waals surface area contributed by atoms with Crippen molar-refractivity contribution in [2.45, 2.75) is 159 Å². The third-order valence-electron chi connectivity index (χ3n) is 15.9. The molecular weight excluding hydrogens is 952 g/mol. The number of carbonyl (C=O) groups excluding carboxylic acids is 1. The van der Waals surface area contributed by atoms with E-state index < -0.39 is 0 Å². The Morgan fingerprint density at radius 1 is 0.493 bits per heavy atom. The summed E-state index contributed by atoms with van der Waals surface area (Å²) in [5, 5.41) is 21.3. The molecular formula is C61H102BN3NaO9. The maximum atomic E-state index is 12.6. The number of hydrogen-bond acceptors (Lipinski definition) is 12. The number of methoxy groups -OCH3 is 6. The van der Waals surface area contributed by atoms with Crippen LogP contribution in [-0.2, 0) is 24.1 Å². The molecule has 0 saturated carbocycles. The van der Waals surface area contributed by atoms with Gasteiger partial charge in [0.2, 0.25) is 0 Å². The first kappa shape index (κ1) is 70.0. The van der Waals surface area contributed by atoms with E-state index in [2.05, 4.69) is 92.6 Å². The van der Waals surface area contributed by atoms with Gasteiger partial charge in [0, 0.05) is 78.1 Å². The summed E-state index contributed by atoms with van der Waals surface area (Å²) >= 11 is 0. The van der Waals surface area contributed by atoms with E-state index in [-0.39, 0.29) is 93.3 Å². The van der Waals surface area contributed by atoms with Gasteiger partial charge in [0.1, 0.15) is 5.78 Å². The van der Waals surface area contributed by atoms with E-state index in [4.69, 9.17) is 28.4 Å². The number of piperidine rings is 3. The number of benzene rings is 3. The SMILES string of the molecule is C.C.C.C.COc1cc2c(cc1OC)[C@H]1CC(=O)[C@H](CC(C)C)CN1CC2.COc1cc2c(cc1OC)[C@H]1C[C@@H](O)[C@H](CC(C)C)CN1CC2.COc1cc2c(cc1OC)[C@H]1C[C@H](O)[C@H](CC(C)C)CN1CC2.[B].[H-].[Na+]. The van der Waals surface area contributed by atoms with Gasteiger partial charge in [0.25, 0.3) is 0 Å². The second-order valence-corrected chi connectivity index (χ2v) is 21.9. The van der Waals surface area contributed by atoms with Crippen molar-refractivity contribution in [3.8, 4) is 34.5 Å². The quantitative estimate of drug-likeness (QED) is 0.169. The number of ketones is 1. The van der Waals surface area contributed by atoms with Crippen LogP contribution in [0.3, 0.4) is 0 Å². The zero-order valence-corrected chi connectivity index (χ0v) is 47.6. The fourth-order valence-corrected chi connectivity index (χ4v) is 12.6. The van der Waals surface area contributed by atoms with Gasteiger partial charge in [-0.1, -0.05) is 71.2 Å². The van der Waals surface area contributed by atoms with Crippen molar-refractivity contribution in [1.82, 2.24) is 14.7 Å². The molecule has 0 bridgehead atoms. The molecule has 419 valence electrons. The summed E-state index contributed by atoms with van der Waals surface area (Å²) in [6.07, 6.45) is 8.13. The Bertz CT molecular complexity index is 2120. The number of carbonyl (C=O) groups is 1. The molecule has 3 aromatic carbocycles. The molecule has 6 aliphatic heterocycles. The van der Waals surface area contributed by atoms with Crippen LogP contribution in [-0.4, -0.2) is 133 Å². The van der Waals surface area contributed by atoms with Crippen molar-refractivity contribution in [1.29, 1.82) is 0 Å². The summed E-state index contributed by atoms with van der Waals surface area (Å²) in [7, 11) is 10.1. The zero-order chi connectivity index (χ0) is 49.7. The van der Waals surface area contributed by atoms with Crippen LogP contribution >= 0.6 is 0 Å². The fourth-order valence-electron chi connectivity index (χ4n) is 12.6. The molecule has 6 aliphatic rings. The molecule has 12 nitrogen and oxygen atoms in total. The van der Waals surface area contributed by atoms with E-state index in [0.717, 1.165) is 125 Å². The van der Waals surface area contributed by atoms with E-state index in [1.54, 1.807) is 42.7 Å². The Balaban J connectivity index is 0.00000106. The Morgan fingerprint density at radius 2 is 0.787 bits per heavy atom. The molecule has 9 rings (SSSR count). The van der Waals surface area contributed by atoms with Crippen LogP contribution in [0.25, 0.3) is 0 Å². The van der Waals surface area contributed by atoms with Crippen LogP contribution in [0.2, 0.25) is 0 Å². The molecule has 8 atom stereocenters. The number of hydrogen-bond donors (Lipinski definition) is 2. The summed E-state index contributed by atoms with van der Waals surface area (Å²) in [4.78, 5) is 20.2. The van der Waals surface area contributed by atoms with Crippen molar-refractivity contribution in [3.05, 3.63) is 69.8 Å². The van der Waals surface area contributed by atoms with Gasteiger partial charge in [-0.05, 0) is 151 Å². The van der Waals surface area contributed by atoms with Gasteiger partial charge >= 0.3 is 29.6 Å². The number of fused-ring (bicyclic) bond motifs is 9. The van der Waals surface area contributed by atoms with E-state index in [1.165, 1.54) is 33.4 Å². The smallest absolute Gasteiger partial charge is 1.00 e. The van der Waals surface area contributed by atoms with Gasteiger partial charge in [0.05, 0.1) is 54.9 Å². The summed E-state index contributed by atoms with van der Waals surface area (Å²) in [6, 6.07) is 13.4. The number of nitrogens with zero attached hydrogens (tertiary/aromatic N) is 3. The van der Waals surface area contributed by atoms with E-state index in [1.807, 2.05) is 0 Å². The summed E-state index contributed by atoms with van der Waals surface area (Å²) < 4.78 is 32.7. The molecule has 0 spiro atoms. The number of ether oxygens (including phenoxy) is 6. The van der Waals surface area contributed by atoms with Crippen LogP contribution in [0.15, 0.2) is 36.4 Å². The van der Waals surface area contributed by atoms with Gasteiger partial charge in [0.15, 0.2) is 34.5 Å². The van der Waals surface area contributed by atoms with Crippen molar-refractivity contribution in [3.63, 3.8) is 0 Å². The third kappa shape index (κ3) is 16.3. The van der Waals surface area contributed by atoms with Gasteiger partial charge in [-0.2, -0.15) is 0 Å². The molecule has 0 unspecified atom stereocenters. The van der Waals surface area contributed by atoms with Gasteiger partial charge in [-0.3, -0.25) is 19.5 Å². The molecule has 0 aliphatic carbocycles. The first-order chi connectivity index (χ1) is 33.1. The topological polar surface area (TPSA) is 123 Å². The second kappa shape index (κ2) is 31.6. The minimum atomic E-state index is -0.210. The largest absolute Gasteiger partial charge is 1.00 e. The van der Waals surface area contributed by atoms with Crippen molar-refractivity contribution >= 4 is 14.2 Å². The van der Waals surface area contributed by atoms with Gasteiger partial charge in [-0.25, -0.2) is 0 Å². The molecule has 3 aromatic rings. The summed E-state index contributed by atoms with van der Waals surface area (Å²) in [5.41, 5.74) is 7.80. The second-order valence-electron chi connectivity index (χ2n) is 21.9. The molecule has 3 radical (unpaired) electrons. The third-order valence-corrected chi connectivity index (χ3v) is 15.9. The fraction of sp³-hybridized carbons (Fsp3) is 0.689. The Kier molecular flexibility index (Phi) is 29.5. The van der Waals surface area contributed by atoms with Crippen molar-refractivity contribution < 1.29 is 74.4 Å². The summed E-state index contributed by atoms with van der Waals surface area (Å²) in [6.45, 7) is 19.4. The minimum absolute atomic E-state index is 0. The van der Waals surface area contributed by atoms with Crippen LogP contribution < -0.4 is 58.0 Å². The molecule has 3 saturated heterocycles.